The van der Waals surface area contributed by atoms with Crippen LogP contribution in [0.5, 0.6) is 0 Å². The fourth-order valence-electron chi connectivity index (χ4n) is 1.89. The smallest absolute Gasteiger partial charge is 0.331 e. The van der Waals surface area contributed by atoms with Crippen molar-refractivity contribution in [1.29, 1.82) is 0 Å². The van der Waals surface area contributed by atoms with E-state index in [4.69, 9.17) is 23.2 Å². The summed E-state index contributed by atoms with van der Waals surface area (Å²) < 4.78 is 0. The molecule has 1 amide bonds. The molecule has 0 spiro atoms. The minimum absolute atomic E-state index is 0.238. The van der Waals surface area contributed by atoms with E-state index in [2.05, 4.69) is 0 Å². The first-order valence-corrected chi connectivity index (χ1v) is 6.59. The van der Waals surface area contributed by atoms with Crippen molar-refractivity contribution in [3.05, 3.63) is 33.8 Å². The summed E-state index contributed by atoms with van der Waals surface area (Å²) in [6.45, 7) is 3.52. The van der Waals surface area contributed by atoms with Crippen LogP contribution in [0.1, 0.15) is 31.9 Å². The fourth-order valence-corrected chi connectivity index (χ4v) is 2.50. The molecule has 0 aliphatic heterocycles. The average molecular weight is 304 g/mol. The van der Waals surface area contributed by atoms with Gasteiger partial charge in [0.05, 0.1) is 0 Å². The van der Waals surface area contributed by atoms with E-state index in [0.717, 1.165) is 0 Å². The summed E-state index contributed by atoms with van der Waals surface area (Å²) in [5.41, 5.74) is 0.252. The number of benzene rings is 1. The number of hydrogen-bond donors (Lipinski definition) is 1. The second kappa shape index (κ2) is 6.78. The van der Waals surface area contributed by atoms with Crippen molar-refractivity contribution in [3.8, 4) is 0 Å². The highest BCUT2D eigenvalue weighted by Crippen LogP contribution is 2.34. The molecular weight excluding hydrogens is 289 g/mol. The minimum Gasteiger partial charge on any atom is -0.479 e. The molecule has 1 rings (SSSR count). The van der Waals surface area contributed by atoms with Gasteiger partial charge in [-0.3, -0.25) is 4.79 Å². The van der Waals surface area contributed by atoms with Crippen LogP contribution in [0.3, 0.4) is 0 Å². The number of nitrogens with zero attached hydrogens (tertiary/aromatic N) is 1. The van der Waals surface area contributed by atoms with Gasteiger partial charge >= 0.3 is 5.97 Å². The Balaban J connectivity index is 3.34. The Hall–Kier alpha value is -1.26. The van der Waals surface area contributed by atoms with Crippen molar-refractivity contribution in [1.82, 2.24) is 4.90 Å². The molecule has 1 atom stereocenters. The van der Waals surface area contributed by atoms with Crippen LogP contribution < -0.4 is 0 Å². The number of halogens is 2. The Morgan fingerprint density at radius 1 is 1.32 bits per heavy atom. The van der Waals surface area contributed by atoms with Crippen molar-refractivity contribution < 1.29 is 14.7 Å². The summed E-state index contributed by atoms with van der Waals surface area (Å²) in [6, 6.07) is 3.58. The van der Waals surface area contributed by atoms with Crippen LogP contribution in [-0.4, -0.2) is 28.4 Å². The van der Waals surface area contributed by atoms with Gasteiger partial charge in [-0.15, -0.1) is 0 Å². The molecule has 0 saturated carbocycles. The van der Waals surface area contributed by atoms with E-state index in [-0.39, 0.29) is 21.5 Å². The first-order valence-electron chi connectivity index (χ1n) is 5.84. The lowest BCUT2D eigenvalue weighted by Crippen LogP contribution is -2.38. The molecular formula is C13H15Cl2NO3. The molecule has 4 nitrogen and oxygen atoms in total. The maximum Gasteiger partial charge on any atom is 0.331 e. The number of aliphatic carboxylic acids is 1. The van der Waals surface area contributed by atoms with E-state index in [1.165, 1.54) is 11.8 Å². The zero-order chi connectivity index (χ0) is 14.6. The first-order chi connectivity index (χ1) is 8.90. The largest absolute Gasteiger partial charge is 0.479 e. The van der Waals surface area contributed by atoms with Crippen LogP contribution in [0, 0.1) is 0 Å². The topological polar surface area (TPSA) is 57.6 Å². The number of rotatable bonds is 5. The summed E-state index contributed by atoms with van der Waals surface area (Å²) in [6.07, 6.45) is 0.644. The highest BCUT2D eigenvalue weighted by atomic mass is 35.5. The maximum absolute atomic E-state index is 11.7. The van der Waals surface area contributed by atoms with E-state index < -0.39 is 12.0 Å². The second-order valence-corrected chi connectivity index (χ2v) is 4.90. The lowest BCUT2D eigenvalue weighted by Gasteiger charge is -2.29. The summed E-state index contributed by atoms with van der Waals surface area (Å²) in [5, 5.41) is 9.89. The van der Waals surface area contributed by atoms with Crippen LogP contribution in [0.15, 0.2) is 18.2 Å². The highest BCUT2D eigenvalue weighted by Gasteiger charge is 2.32. The van der Waals surface area contributed by atoms with Gasteiger partial charge in [0.25, 0.3) is 0 Å². The maximum atomic E-state index is 11.7. The molecule has 19 heavy (non-hydrogen) atoms. The predicted octanol–water partition coefficient (Wildman–Crippen LogP) is 3.38. The Morgan fingerprint density at radius 3 is 2.21 bits per heavy atom. The summed E-state index contributed by atoms with van der Waals surface area (Å²) in [5.74, 6) is -1.48. The number of carbonyl (C=O) groups excluding carboxylic acids is 1. The first kappa shape index (κ1) is 15.8. The van der Waals surface area contributed by atoms with Gasteiger partial charge in [-0.1, -0.05) is 36.2 Å². The van der Waals surface area contributed by atoms with Crippen molar-refractivity contribution in [2.24, 2.45) is 0 Å². The van der Waals surface area contributed by atoms with Crippen LogP contribution in [0.4, 0.5) is 0 Å². The normalized spacial score (nSPS) is 12.0. The van der Waals surface area contributed by atoms with Gasteiger partial charge in [-0.25, -0.2) is 4.79 Å². The minimum atomic E-state index is -1.17. The molecule has 1 N–H and O–H groups in total. The van der Waals surface area contributed by atoms with E-state index in [9.17, 15) is 14.7 Å². The van der Waals surface area contributed by atoms with Gasteiger partial charge in [-0.2, -0.15) is 0 Å². The van der Waals surface area contributed by atoms with Crippen LogP contribution in [0.25, 0.3) is 0 Å². The van der Waals surface area contributed by atoms with E-state index in [0.29, 0.717) is 13.0 Å². The molecule has 0 aliphatic carbocycles. The fraction of sp³-hybridized carbons (Fsp3) is 0.385. The lowest BCUT2D eigenvalue weighted by atomic mass is 10.0. The van der Waals surface area contributed by atoms with Crippen molar-refractivity contribution >= 4 is 35.1 Å². The van der Waals surface area contributed by atoms with Gasteiger partial charge < -0.3 is 10.0 Å². The van der Waals surface area contributed by atoms with Crippen LogP contribution >= 0.6 is 23.2 Å². The second-order valence-electron chi connectivity index (χ2n) is 4.09. The van der Waals surface area contributed by atoms with Gasteiger partial charge in [0, 0.05) is 29.1 Å². The number of carbonyl (C=O) groups is 2. The number of hydrogen-bond acceptors (Lipinski definition) is 2. The van der Waals surface area contributed by atoms with E-state index in [1.807, 2.05) is 6.92 Å². The molecule has 1 aromatic rings. The van der Waals surface area contributed by atoms with Crippen molar-refractivity contribution in [3.63, 3.8) is 0 Å². The van der Waals surface area contributed by atoms with Gasteiger partial charge in [0.15, 0.2) is 6.04 Å². The van der Waals surface area contributed by atoms with Gasteiger partial charge in [0.2, 0.25) is 5.91 Å². The van der Waals surface area contributed by atoms with Crippen LogP contribution in [0.2, 0.25) is 10.0 Å². The Kier molecular flexibility index (Phi) is 5.63. The number of carboxylic acids is 1. The third-order valence-electron chi connectivity index (χ3n) is 2.69. The molecule has 0 bridgehead atoms. The molecule has 0 saturated heterocycles. The Labute approximate surface area is 121 Å². The number of amides is 1. The quantitative estimate of drug-likeness (QED) is 0.907. The summed E-state index contributed by atoms with van der Waals surface area (Å²) in [7, 11) is 0. The molecule has 0 aliphatic rings. The molecule has 0 aromatic heterocycles. The van der Waals surface area contributed by atoms with Crippen molar-refractivity contribution in [2.45, 2.75) is 26.3 Å². The monoisotopic (exact) mass is 303 g/mol. The van der Waals surface area contributed by atoms with Crippen molar-refractivity contribution in [2.75, 3.05) is 6.54 Å². The van der Waals surface area contributed by atoms with Gasteiger partial charge in [-0.05, 0) is 18.6 Å². The molecule has 104 valence electrons. The molecule has 0 radical (unpaired) electrons. The number of carboxylic acid groups (broad SMARTS) is 1. The molecule has 1 aromatic carbocycles. The zero-order valence-electron chi connectivity index (χ0n) is 10.7. The molecule has 0 heterocycles. The predicted molar refractivity (Wildman–Crippen MR) is 74.5 cm³/mol. The molecule has 1 unspecified atom stereocenters. The SMILES string of the molecule is CCCN(C(C)=O)C(C(=O)O)c1c(Cl)cccc1Cl. The van der Waals surface area contributed by atoms with Crippen LogP contribution in [-0.2, 0) is 9.59 Å². The summed E-state index contributed by atoms with van der Waals surface area (Å²) in [4.78, 5) is 24.4. The average Bonchev–Trinajstić information content (AvgIpc) is 2.31. The Morgan fingerprint density at radius 2 is 1.84 bits per heavy atom. The standard InChI is InChI=1S/C13H15Cl2NO3/c1-3-7-16(8(2)17)12(13(18)19)11-9(14)5-4-6-10(11)15/h4-6,12H,3,7H2,1-2H3,(H,18,19). The highest BCUT2D eigenvalue weighted by molar-refractivity contribution is 6.36. The third-order valence-corrected chi connectivity index (χ3v) is 3.35. The zero-order valence-corrected chi connectivity index (χ0v) is 12.2. The Bertz CT molecular complexity index is 471. The molecule has 0 fully saturated rings. The van der Waals surface area contributed by atoms with E-state index in [1.54, 1.807) is 18.2 Å². The third kappa shape index (κ3) is 3.61. The molecule has 6 heteroatoms. The summed E-state index contributed by atoms with van der Waals surface area (Å²) >= 11 is 12.1. The lowest BCUT2D eigenvalue weighted by molar-refractivity contribution is -0.149. The van der Waals surface area contributed by atoms with Gasteiger partial charge in [0.1, 0.15) is 0 Å². The van der Waals surface area contributed by atoms with E-state index >= 15 is 0 Å².